The highest BCUT2D eigenvalue weighted by molar-refractivity contribution is 5.81. The first-order chi connectivity index (χ1) is 18.7. The van der Waals surface area contributed by atoms with Gasteiger partial charge in [0.2, 0.25) is 6.10 Å². The minimum Gasteiger partial charge on any atom is -0.481 e. The second-order valence-corrected chi connectivity index (χ2v) is 10.8. The molecule has 5 rings (SSSR count). The molecule has 1 spiro atoms. The molecule has 5 atom stereocenters. The number of hydrogen-bond acceptors (Lipinski definition) is 9. The zero-order valence-electron chi connectivity index (χ0n) is 22.6. The van der Waals surface area contributed by atoms with Crippen molar-refractivity contribution in [1.29, 1.82) is 0 Å². The molecule has 2 aromatic rings. The quantitative estimate of drug-likeness (QED) is 0.428. The first-order valence-electron chi connectivity index (χ1n) is 13.4. The number of likely N-dealkylation sites (N-methyl/N-ethyl adjacent to an activating group) is 1. The van der Waals surface area contributed by atoms with E-state index in [4.69, 9.17) is 19.9 Å². The average molecular weight is 569 g/mol. The van der Waals surface area contributed by atoms with Gasteiger partial charge in [-0.25, -0.2) is 4.79 Å². The van der Waals surface area contributed by atoms with Crippen LogP contribution in [0.1, 0.15) is 69.4 Å². The van der Waals surface area contributed by atoms with E-state index < -0.39 is 35.2 Å². The first-order valence-corrected chi connectivity index (χ1v) is 13.4. The second-order valence-electron chi connectivity index (χ2n) is 10.8. The lowest BCUT2D eigenvalue weighted by atomic mass is 9.54. The lowest BCUT2D eigenvalue weighted by molar-refractivity contribution is -0.173. The normalized spacial score (nSPS) is 26.9. The zero-order valence-corrected chi connectivity index (χ0v) is 22.6. The molecule has 0 amide bonds. The molecule has 3 aliphatic rings. The summed E-state index contributed by atoms with van der Waals surface area (Å²) in [5, 5.41) is 22.5. The molecule has 0 radical (unpaired) electrons. The van der Waals surface area contributed by atoms with Crippen molar-refractivity contribution in [3.63, 3.8) is 0 Å². The van der Waals surface area contributed by atoms with Crippen molar-refractivity contribution in [2.75, 3.05) is 20.1 Å². The molecule has 0 aromatic heterocycles. The van der Waals surface area contributed by atoms with Crippen LogP contribution in [0.3, 0.4) is 0 Å². The molecule has 1 fully saturated rings. The fraction of sp³-hybridized carbons (Fsp3) is 0.500. The summed E-state index contributed by atoms with van der Waals surface area (Å²) in [5.41, 5.74) is 6.24. The number of hydrogen-bond donors (Lipinski definition) is 3. The molecule has 0 saturated carbocycles. The van der Waals surface area contributed by atoms with Crippen LogP contribution in [0, 0.1) is 6.92 Å². The number of carbonyl (C=O) groups is 2. The molecule has 2 heterocycles. The summed E-state index contributed by atoms with van der Waals surface area (Å²) in [4.78, 5) is 28.1. The topological polar surface area (TPSA) is 132 Å². The number of aliphatic hydroxyl groups is 2. The molecule has 2 aromatic carbocycles. The predicted molar refractivity (Wildman–Crippen MR) is 156 cm³/mol. The monoisotopic (exact) mass is 568 g/mol. The maximum absolute atomic E-state index is 13.6. The Morgan fingerprint density at radius 2 is 1.90 bits per heavy atom. The summed E-state index contributed by atoms with van der Waals surface area (Å²) in [6.45, 7) is 4.51. The van der Waals surface area contributed by atoms with Crippen LogP contribution in [0.15, 0.2) is 54.3 Å². The zero-order chi connectivity index (χ0) is 27.9. The highest BCUT2D eigenvalue weighted by Gasteiger charge is 2.69. The van der Waals surface area contributed by atoms with E-state index in [1.54, 1.807) is 36.4 Å². The van der Waals surface area contributed by atoms with Gasteiger partial charge in [-0.05, 0) is 45.5 Å². The smallest absolute Gasteiger partial charge is 0.357 e. The maximum atomic E-state index is 13.6. The lowest BCUT2D eigenvalue weighted by Gasteiger charge is -2.58. The van der Waals surface area contributed by atoms with Gasteiger partial charge < -0.3 is 35.1 Å². The lowest BCUT2D eigenvalue weighted by Crippen LogP contribution is -2.71. The van der Waals surface area contributed by atoms with Crippen LogP contribution in [0.25, 0.3) is 0 Å². The van der Waals surface area contributed by atoms with Gasteiger partial charge in [-0.3, -0.25) is 4.79 Å². The summed E-state index contributed by atoms with van der Waals surface area (Å²) < 4.78 is 18.0. The SMILES string of the molecule is C.C.Cc1ccc(CO)c2c1[C@]13CCN(C)[C@H](C)[C@]1(O)CC=C(OC(=O)[C@H](OC(=O)CCN)c1ccccc1)[C@@H]3O2. The Balaban J connectivity index is 0.00000231. The Bertz CT molecular complexity index is 1300. The number of aryl methyl sites for hydroxylation is 1. The Labute approximate surface area is 242 Å². The second kappa shape index (κ2) is 12.3. The molecule has 9 nitrogen and oxygen atoms in total. The van der Waals surface area contributed by atoms with E-state index in [0.717, 1.165) is 11.1 Å². The minimum atomic E-state index is -1.29. The number of benzene rings is 2. The van der Waals surface area contributed by atoms with Crippen LogP contribution in [0.5, 0.6) is 5.75 Å². The molecule has 0 unspecified atom stereocenters. The van der Waals surface area contributed by atoms with Gasteiger partial charge in [0.1, 0.15) is 11.5 Å². The van der Waals surface area contributed by atoms with Gasteiger partial charge in [-0.1, -0.05) is 57.3 Å². The Morgan fingerprint density at radius 3 is 2.56 bits per heavy atom. The summed E-state index contributed by atoms with van der Waals surface area (Å²) in [6.07, 6.45) is 0.351. The van der Waals surface area contributed by atoms with Crippen molar-refractivity contribution < 1.29 is 34.0 Å². The maximum Gasteiger partial charge on any atom is 0.357 e. The number of rotatable bonds is 7. The third-order valence-electron chi connectivity index (χ3n) is 8.74. The summed E-state index contributed by atoms with van der Waals surface area (Å²) >= 11 is 0. The number of esters is 2. The van der Waals surface area contributed by atoms with E-state index in [1.807, 2.05) is 33.0 Å². The van der Waals surface area contributed by atoms with Crippen LogP contribution in [-0.2, 0) is 31.1 Å². The Kier molecular flexibility index (Phi) is 9.70. The van der Waals surface area contributed by atoms with Crippen molar-refractivity contribution in [3.8, 4) is 5.75 Å². The van der Waals surface area contributed by atoms with Crippen molar-refractivity contribution in [2.45, 2.75) is 83.8 Å². The fourth-order valence-electron chi connectivity index (χ4n) is 6.56. The summed E-state index contributed by atoms with van der Waals surface area (Å²) in [5.74, 6) is -0.589. The van der Waals surface area contributed by atoms with Crippen molar-refractivity contribution in [2.24, 2.45) is 5.73 Å². The Morgan fingerprint density at radius 1 is 1.20 bits per heavy atom. The van der Waals surface area contributed by atoms with Gasteiger partial charge in [0.15, 0.2) is 6.10 Å². The van der Waals surface area contributed by atoms with Gasteiger partial charge in [-0.15, -0.1) is 0 Å². The minimum absolute atomic E-state index is 0. The van der Waals surface area contributed by atoms with Crippen LogP contribution in [-0.4, -0.2) is 64.9 Å². The number of fused-ring (bicyclic) bond motifs is 1. The highest BCUT2D eigenvalue weighted by atomic mass is 16.6. The number of nitrogens with zero attached hydrogens (tertiary/aromatic N) is 1. The standard InChI is InChI=1S/C30H36N2O7.2CH4/c1-18-9-10-21(17-33)25-24(18)29-14-16-32(3)19(2)30(29,36)13-11-22(27(29)39-25)37-28(35)26(38-23(34)12-15-31)20-7-5-4-6-8-20;;/h4-11,19,26-27,33,36H,12-17,31H2,1-3H3;2*1H4/t19-,26-,27+,29+,30-;;/m1../s1. The molecule has 41 heavy (non-hydrogen) atoms. The number of carbonyl (C=O) groups excluding carboxylic acids is 2. The molecule has 4 N–H and O–H groups in total. The van der Waals surface area contributed by atoms with Crippen molar-refractivity contribution in [3.05, 3.63) is 76.6 Å². The van der Waals surface area contributed by atoms with E-state index in [1.165, 1.54) is 0 Å². The molecule has 0 bridgehead atoms. The van der Waals surface area contributed by atoms with Crippen LogP contribution < -0.4 is 10.5 Å². The number of nitrogens with two attached hydrogens (primary N) is 1. The van der Waals surface area contributed by atoms with E-state index in [0.29, 0.717) is 29.8 Å². The average Bonchev–Trinajstić information content (AvgIpc) is 3.29. The number of aliphatic hydroxyl groups excluding tert-OH is 1. The van der Waals surface area contributed by atoms with Gasteiger partial charge in [0.05, 0.1) is 24.0 Å². The van der Waals surface area contributed by atoms with Gasteiger partial charge in [-0.2, -0.15) is 0 Å². The largest absolute Gasteiger partial charge is 0.481 e. The fourth-order valence-corrected chi connectivity index (χ4v) is 6.56. The molecular formula is C32H44N2O7. The molecule has 2 aliphatic heterocycles. The number of piperidine rings is 1. The van der Waals surface area contributed by atoms with Crippen LogP contribution in [0.4, 0.5) is 0 Å². The highest BCUT2D eigenvalue weighted by Crippen LogP contribution is 2.61. The van der Waals surface area contributed by atoms with E-state index in [2.05, 4.69) is 4.90 Å². The van der Waals surface area contributed by atoms with Gasteiger partial charge in [0.25, 0.3) is 0 Å². The van der Waals surface area contributed by atoms with Crippen molar-refractivity contribution in [1.82, 2.24) is 4.90 Å². The predicted octanol–water partition coefficient (Wildman–Crippen LogP) is 3.68. The van der Waals surface area contributed by atoms with Crippen LogP contribution in [0.2, 0.25) is 0 Å². The summed E-state index contributed by atoms with van der Waals surface area (Å²) in [7, 11) is 1.98. The first kappa shape index (κ1) is 32.3. The third-order valence-corrected chi connectivity index (χ3v) is 8.74. The summed E-state index contributed by atoms with van der Waals surface area (Å²) in [6, 6.07) is 12.2. The van der Waals surface area contributed by atoms with Gasteiger partial charge in [0, 0.05) is 35.7 Å². The molecule has 1 aliphatic carbocycles. The molecule has 224 valence electrons. The third kappa shape index (κ3) is 5.05. The molecular weight excluding hydrogens is 524 g/mol. The van der Waals surface area contributed by atoms with Gasteiger partial charge >= 0.3 is 11.9 Å². The number of likely N-dealkylation sites (tertiary alicyclic amines) is 1. The Hall–Kier alpha value is -3.24. The van der Waals surface area contributed by atoms with Crippen molar-refractivity contribution >= 4 is 11.9 Å². The van der Waals surface area contributed by atoms with E-state index in [-0.39, 0.29) is 52.6 Å². The molecule has 1 saturated heterocycles. The molecule has 9 heteroatoms. The number of ether oxygens (including phenoxy) is 3. The van der Waals surface area contributed by atoms with E-state index in [9.17, 15) is 19.8 Å². The van der Waals surface area contributed by atoms with Crippen LogP contribution >= 0.6 is 0 Å². The van der Waals surface area contributed by atoms with E-state index >= 15 is 0 Å².